The normalized spacial score (nSPS) is 11.9. The molecule has 0 aliphatic carbocycles. The Balaban J connectivity index is 1.49. The summed E-state index contributed by atoms with van der Waals surface area (Å²) >= 11 is 0. The van der Waals surface area contributed by atoms with E-state index in [2.05, 4.69) is 5.32 Å². The lowest BCUT2D eigenvalue weighted by atomic mass is 10.1. The number of ketones is 1. The number of aryl methyl sites for hydroxylation is 1. The molecule has 3 rings (SSSR count). The number of benzene rings is 2. The molecule has 0 fully saturated rings. The molecule has 2 aromatic carbocycles. The summed E-state index contributed by atoms with van der Waals surface area (Å²) in [5.41, 5.74) is 1.87. The van der Waals surface area contributed by atoms with E-state index in [1.807, 2.05) is 61.5 Å². The van der Waals surface area contributed by atoms with Gasteiger partial charge in [0.05, 0.1) is 6.04 Å². The highest BCUT2D eigenvalue weighted by Gasteiger charge is 2.14. The molecule has 0 spiro atoms. The second-order valence-corrected chi connectivity index (χ2v) is 6.61. The highest BCUT2D eigenvalue weighted by molar-refractivity contribution is 5.80. The monoisotopic (exact) mass is 365 g/mol. The van der Waals surface area contributed by atoms with Crippen molar-refractivity contribution >= 4 is 22.7 Å². The van der Waals surface area contributed by atoms with Gasteiger partial charge in [0, 0.05) is 11.8 Å². The SMILES string of the molecule is CC(=O)CCc1ccc(OCC(=O)NC(C)c2cc3ccccc3o2)cc1. The molecular formula is C22H23NO4. The molecule has 1 amide bonds. The molecule has 0 aliphatic rings. The Labute approximate surface area is 158 Å². The number of rotatable bonds is 8. The molecule has 5 heteroatoms. The highest BCUT2D eigenvalue weighted by Crippen LogP contribution is 2.23. The lowest BCUT2D eigenvalue weighted by molar-refractivity contribution is -0.123. The number of carbonyl (C=O) groups is 2. The standard InChI is InChI=1S/C22H23NO4/c1-15(24)7-8-17-9-11-19(12-10-17)26-14-22(25)23-16(2)21-13-18-5-3-4-6-20(18)27-21/h3-6,9-13,16H,7-8,14H2,1-2H3,(H,23,25). The molecule has 3 aromatic rings. The van der Waals surface area contributed by atoms with E-state index in [9.17, 15) is 9.59 Å². The van der Waals surface area contributed by atoms with Gasteiger partial charge < -0.3 is 19.3 Å². The van der Waals surface area contributed by atoms with Crippen LogP contribution in [0.4, 0.5) is 0 Å². The zero-order chi connectivity index (χ0) is 19.2. The Morgan fingerprint density at radius 2 is 1.85 bits per heavy atom. The fourth-order valence-electron chi connectivity index (χ4n) is 2.79. The fraction of sp³-hybridized carbons (Fsp3) is 0.273. The van der Waals surface area contributed by atoms with E-state index >= 15 is 0 Å². The second-order valence-electron chi connectivity index (χ2n) is 6.61. The number of hydrogen-bond acceptors (Lipinski definition) is 4. The molecule has 1 atom stereocenters. The zero-order valence-electron chi connectivity index (χ0n) is 15.5. The molecule has 1 unspecified atom stereocenters. The highest BCUT2D eigenvalue weighted by atomic mass is 16.5. The molecule has 27 heavy (non-hydrogen) atoms. The van der Waals surface area contributed by atoms with E-state index < -0.39 is 0 Å². The number of para-hydroxylation sites is 1. The minimum Gasteiger partial charge on any atom is -0.484 e. The summed E-state index contributed by atoms with van der Waals surface area (Å²) in [6, 6.07) is 16.9. The summed E-state index contributed by atoms with van der Waals surface area (Å²) in [5, 5.41) is 3.89. The summed E-state index contributed by atoms with van der Waals surface area (Å²) in [7, 11) is 0. The van der Waals surface area contributed by atoms with Crippen LogP contribution in [0, 0.1) is 0 Å². The van der Waals surface area contributed by atoms with Crippen LogP contribution in [0.1, 0.15) is 37.6 Å². The number of fused-ring (bicyclic) bond motifs is 1. The Bertz CT molecular complexity index is 894. The summed E-state index contributed by atoms with van der Waals surface area (Å²) in [4.78, 5) is 23.2. The predicted octanol–water partition coefficient (Wildman–Crippen LogP) is 4.21. The molecule has 140 valence electrons. The van der Waals surface area contributed by atoms with Crippen LogP contribution in [0.25, 0.3) is 11.0 Å². The number of furan rings is 1. The van der Waals surface area contributed by atoms with Crippen molar-refractivity contribution in [2.45, 2.75) is 32.7 Å². The van der Waals surface area contributed by atoms with Gasteiger partial charge in [-0.15, -0.1) is 0 Å². The summed E-state index contributed by atoms with van der Waals surface area (Å²) in [6.07, 6.45) is 1.24. The van der Waals surface area contributed by atoms with Crippen molar-refractivity contribution in [3.8, 4) is 5.75 Å². The largest absolute Gasteiger partial charge is 0.484 e. The van der Waals surface area contributed by atoms with Crippen LogP contribution in [0.2, 0.25) is 0 Å². The topological polar surface area (TPSA) is 68.5 Å². The quantitative estimate of drug-likeness (QED) is 0.649. The van der Waals surface area contributed by atoms with E-state index in [1.165, 1.54) is 0 Å². The van der Waals surface area contributed by atoms with Gasteiger partial charge in [0.15, 0.2) is 6.61 Å². The van der Waals surface area contributed by atoms with Gasteiger partial charge in [-0.3, -0.25) is 4.79 Å². The predicted molar refractivity (Wildman–Crippen MR) is 104 cm³/mol. The summed E-state index contributed by atoms with van der Waals surface area (Å²) in [5.74, 6) is 1.28. The maximum Gasteiger partial charge on any atom is 0.258 e. The summed E-state index contributed by atoms with van der Waals surface area (Å²) < 4.78 is 11.3. The lowest BCUT2D eigenvalue weighted by Gasteiger charge is -2.12. The maximum atomic E-state index is 12.1. The summed E-state index contributed by atoms with van der Waals surface area (Å²) in [6.45, 7) is 3.39. The molecule has 0 aliphatic heterocycles. The first-order valence-corrected chi connectivity index (χ1v) is 9.00. The van der Waals surface area contributed by atoms with E-state index in [0.29, 0.717) is 24.4 Å². The van der Waals surface area contributed by atoms with Crippen LogP contribution in [0.5, 0.6) is 5.75 Å². The van der Waals surface area contributed by atoms with Crippen molar-refractivity contribution in [3.63, 3.8) is 0 Å². The number of nitrogens with one attached hydrogen (secondary N) is 1. The molecular weight excluding hydrogens is 342 g/mol. The number of carbonyl (C=O) groups excluding carboxylic acids is 2. The Morgan fingerprint density at radius 3 is 2.56 bits per heavy atom. The van der Waals surface area contributed by atoms with Gasteiger partial charge in [0.25, 0.3) is 5.91 Å². The molecule has 0 radical (unpaired) electrons. The molecule has 1 aromatic heterocycles. The van der Waals surface area contributed by atoms with Crippen LogP contribution in [0.15, 0.2) is 59.0 Å². The van der Waals surface area contributed by atoms with Crippen molar-refractivity contribution in [2.24, 2.45) is 0 Å². The number of ether oxygens (including phenoxy) is 1. The van der Waals surface area contributed by atoms with E-state index in [-0.39, 0.29) is 24.3 Å². The molecule has 0 bridgehead atoms. The van der Waals surface area contributed by atoms with Crippen LogP contribution >= 0.6 is 0 Å². The second kappa shape index (κ2) is 8.54. The number of hydrogen-bond donors (Lipinski definition) is 1. The molecule has 0 saturated heterocycles. The van der Waals surface area contributed by atoms with Gasteiger partial charge in [0.1, 0.15) is 22.9 Å². The van der Waals surface area contributed by atoms with Gasteiger partial charge in [-0.25, -0.2) is 0 Å². The van der Waals surface area contributed by atoms with Crippen molar-refractivity contribution in [1.29, 1.82) is 0 Å². The maximum absolute atomic E-state index is 12.1. The molecule has 5 nitrogen and oxygen atoms in total. The van der Waals surface area contributed by atoms with Gasteiger partial charge in [-0.05, 0) is 50.1 Å². The Hall–Kier alpha value is -3.08. The first kappa shape index (κ1) is 18.7. The Kier molecular flexibility index (Phi) is 5.91. The van der Waals surface area contributed by atoms with Gasteiger partial charge in [-0.1, -0.05) is 30.3 Å². The van der Waals surface area contributed by atoms with Crippen molar-refractivity contribution in [3.05, 3.63) is 65.9 Å². The average Bonchev–Trinajstić information content (AvgIpc) is 3.10. The van der Waals surface area contributed by atoms with Crippen LogP contribution in [0.3, 0.4) is 0 Å². The number of amides is 1. The van der Waals surface area contributed by atoms with Gasteiger partial charge in [0.2, 0.25) is 0 Å². The molecule has 1 N–H and O–H groups in total. The molecule has 1 heterocycles. The first-order valence-electron chi connectivity index (χ1n) is 9.00. The van der Waals surface area contributed by atoms with E-state index in [0.717, 1.165) is 16.5 Å². The van der Waals surface area contributed by atoms with Crippen molar-refractivity contribution in [1.82, 2.24) is 5.32 Å². The van der Waals surface area contributed by atoms with E-state index in [4.69, 9.17) is 9.15 Å². The number of Topliss-reactive ketones (excluding diaryl/α,β-unsaturated/α-hetero) is 1. The fourth-order valence-corrected chi connectivity index (χ4v) is 2.79. The third kappa shape index (κ3) is 5.20. The average molecular weight is 365 g/mol. The van der Waals surface area contributed by atoms with Gasteiger partial charge >= 0.3 is 0 Å². The van der Waals surface area contributed by atoms with Crippen molar-refractivity contribution in [2.75, 3.05) is 6.61 Å². The third-order valence-electron chi connectivity index (χ3n) is 4.31. The van der Waals surface area contributed by atoms with E-state index in [1.54, 1.807) is 6.92 Å². The Morgan fingerprint density at radius 1 is 1.11 bits per heavy atom. The van der Waals surface area contributed by atoms with Crippen LogP contribution in [-0.2, 0) is 16.0 Å². The lowest BCUT2D eigenvalue weighted by Crippen LogP contribution is -2.31. The van der Waals surface area contributed by atoms with Crippen LogP contribution < -0.4 is 10.1 Å². The minimum absolute atomic E-state index is 0.0721. The zero-order valence-corrected chi connectivity index (χ0v) is 15.5. The van der Waals surface area contributed by atoms with Gasteiger partial charge in [-0.2, -0.15) is 0 Å². The minimum atomic E-state index is -0.248. The third-order valence-corrected chi connectivity index (χ3v) is 4.31. The molecule has 0 saturated carbocycles. The van der Waals surface area contributed by atoms with Crippen LogP contribution in [-0.4, -0.2) is 18.3 Å². The van der Waals surface area contributed by atoms with Crippen molar-refractivity contribution < 1.29 is 18.7 Å². The first-order chi connectivity index (χ1) is 13.0. The smallest absolute Gasteiger partial charge is 0.258 e.